The van der Waals surface area contributed by atoms with Crippen molar-refractivity contribution in [3.8, 4) is 0 Å². The van der Waals surface area contributed by atoms with Crippen molar-refractivity contribution in [3.05, 3.63) is 0 Å². The van der Waals surface area contributed by atoms with Gasteiger partial charge in [0.05, 0.1) is 30.7 Å². The molecule has 3 fully saturated rings. The highest BCUT2D eigenvalue weighted by Crippen LogP contribution is 2.71. The third kappa shape index (κ3) is 5.00. The Hall–Kier alpha value is 0.365. The predicted octanol–water partition coefficient (Wildman–Crippen LogP) is 0.320. The minimum Gasteiger partial charge on any atom is -0.857 e. The molecule has 8 atom stereocenters. The van der Waals surface area contributed by atoms with E-state index in [1.807, 2.05) is 6.92 Å². The van der Waals surface area contributed by atoms with Crippen LogP contribution in [0.5, 0.6) is 0 Å². The standard InChI is InChI=1S/C13H22BO7PS.CH3O/c1-7-4-8(17-3)9(19-7)6-18-22(15)21-11-10(5-16-2)20-13(14)12(11)23-22;1-2/h7-13H,4-6H2,1-3H3;1H3/q;-1/t7-,8+,9+,10+,11-,12?,13+,22?;/m0./s1. The molecule has 11 heteroatoms. The second-order valence-corrected chi connectivity index (χ2v) is 10.1. The molecule has 0 bridgehead atoms. The summed E-state index contributed by atoms with van der Waals surface area (Å²) in [4.78, 5) is 0. The lowest BCUT2D eigenvalue weighted by Gasteiger charge is -2.21. The Labute approximate surface area is 153 Å². The Morgan fingerprint density at radius 1 is 1.24 bits per heavy atom. The van der Waals surface area contributed by atoms with Gasteiger partial charge >= 0.3 is 6.80 Å². The van der Waals surface area contributed by atoms with Crippen LogP contribution in [-0.2, 0) is 32.6 Å². The van der Waals surface area contributed by atoms with Gasteiger partial charge in [0.25, 0.3) is 0 Å². The fraction of sp³-hybridized carbons (Fsp3) is 1.00. The average molecular weight is 395 g/mol. The smallest absolute Gasteiger partial charge is 0.390 e. The van der Waals surface area contributed by atoms with Crippen LogP contribution >= 0.6 is 18.2 Å². The van der Waals surface area contributed by atoms with Crippen molar-refractivity contribution in [2.24, 2.45) is 0 Å². The topological polar surface area (TPSA) is 95.5 Å². The SMILES string of the molecule is C[O-].[B][C@@H]1O[C@H](COC)[C@@H]2OP(=O)(OC[C@H]3O[C@@H](C)C[C@H]3OC)SC12. The maximum atomic E-state index is 12.8. The van der Waals surface area contributed by atoms with Crippen LogP contribution in [0.1, 0.15) is 13.3 Å². The lowest BCUT2D eigenvalue weighted by Crippen LogP contribution is -2.30. The summed E-state index contributed by atoms with van der Waals surface area (Å²) < 4.78 is 45.9. The summed E-state index contributed by atoms with van der Waals surface area (Å²) in [6.45, 7) is -0.810. The van der Waals surface area contributed by atoms with Crippen molar-refractivity contribution in [1.29, 1.82) is 0 Å². The number of fused-ring (bicyclic) bond motifs is 1. The molecule has 3 rings (SSSR count). The van der Waals surface area contributed by atoms with Crippen molar-refractivity contribution in [2.75, 3.05) is 34.5 Å². The summed E-state index contributed by atoms with van der Waals surface area (Å²) in [6, 6.07) is -0.543. The van der Waals surface area contributed by atoms with E-state index in [-0.39, 0.29) is 42.4 Å². The Morgan fingerprint density at radius 2 is 1.96 bits per heavy atom. The van der Waals surface area contributed by atoms with E-state index < -0.39 is 12.8 Å². The van der Waals surface area contributed by atoms with Gasteiger partial charge in [-0.25, -0.2) is 4.57 Å². The number of hydrogen-bond donors (Lipinski definition) is 0. The van der Waals surface area contributed by atoms with Gasteiger partial charge in [-0.2, -0.15) is 7.11 Å². The number of ether oxygens (including phenoxy) is 4. The summed E-state index contributed by atoms with van der Waals surface area (Å²) in [7, 11) is 9.90. The molecule has 0 N–H and O–H groups in total. The minimum atomic E-state index is -3.29. The van der Waals surface area contributed by atoms with Gasteiger partial charge in [0.1, 0.15) is 26.2 Å². The van der Waals surface area contributed by atoms with E-state index in [9.17, 15) is 4.57 Å². The largest absolute Gasteiger partial charge is 0.857 e. The van der Waals surface area contributed by atoms with Crippen LogP contribution in [0.3, 0.4) is 0 Å². The predicted molar refractivity (Wildman–Crippen MR) is 91.8 cm³/mol. The van der Waals surface area contributed by atoms with Crippen LogP contribution in [0, 0.1) is 0 Å². The quantitative estimate of drug-likeness (QED) is 0.465. The van der Waals surface area contributed by atoms with Crippen molar-refractivity contribution in [3.63, 3.8) is 0 Å². The Balaban J connectivity index is 0.00000109. The second-order valence-electron chi connectivity index (χ2n) is 5.97. The lowest BCUT2D eigenvalue weighted by atomic mass is 9.95. The average Bonchev–Trinajstić information content (AvgIpc) is 3.22. The normalized spacial score (nSPS) is 45.9. The van der Waals surface area contributed by atoms with Gasteiger partial charge in [0.15, 0.2) is 0 Å². The van der Waals surface area contributed by atoms with E-state index in [4.69, 9.17) is 40.9 Å². The molecule has 0 aromatic carbocycles. The third-order valence-corrected chi connectivity index (χ3v) is 8.35. The number of rotatable bonds is 6. The first-order valence-electron chi connectivity index (χ1n) is 8.06. The molecular weight excluding hydrogens is 370 g/mol. The van der Waals surface area contributed by atoms with Crippen LogP contribution in [0.4, 0.5) is 0 Å². The molecule has 0 spiro atoms. The van der Waals surface area contributed by atoms with E-state index in [1.165, 1.54) is 0 Å². The first kappa shape index (κ1) is 21.7. The molecule has 2 radical (unpaired) electrons. The second kappa shape index (κ2) is 9.53. The Morgan fingerprint density at radius 3 is 2.60 bits per heavy atom. The third-order valence-electron chi connectivity index (χ3n) is 4.26. The zero-order chi connectivity index (χ0) is 18.6. The monoisotopic (exact) mass is 395 g/mol. The van der Waals surface area contributed by atoms with E-state index in [0.717, 1.165) is 24.9 Å². The highest BCUT2D eigenvalue weighted by Gasteiger charge is 2.56. The highest BCUT2D eigenvalue weighted by molar-refractivity contribution is 8.55. The molecule has 0 aromatic heterocycles. The summed E-state index contributed by atoms with van der Waals surface area (Å²) in [5, 5.41) is 8.03. The molecule has 3 aliphatic heterocycles. The molecule has 3 aliphatic rings. The van der Waals surface area contributed by atoms with Gasteiger partial charge in [-0.1, -0.05) is 0 Å². The van der Waals surface area contributed by atoms with E-state index in [1.54, 1.807) is 14.2 Å². The van der Waals surface area contributed by atoms with Gasteiger partial charge in [-0.05, 0) is 18.3 Å². The van der Waals surface area contributed by atoms with Crippen LogP contribution in [0.25, 0.3) is 0 Å². The maximum absolute atomic E-state index is 12.8. The van der Waals surface area contributed by atoms with Crippen molar-refractivity contribution < 1.29 is 37.7 Å². The van der Waals surface area contributed by atoms with Gasteiger partial charge in [-0.15, -0.1) is 0 Å². The first-order chi connectivity index (χ1) is 12.0. The zero-order valence-electron chi connectivity index (χ0n) is 14.9. The molecule has 0 aliphatic carbocycles. The molecule has 25 heavy (non-hydrogen) atoms. The summed E-state index contributed by atoms with van der Waals surface area (Å²) in [5.74, 6) is 0. The Bertz CT molecular complexity index is 472. The summed E-state index contributed by atoms with van der Waals surface area (Å²) in [6.07, 6.45) is -0.133. The van der Waals surface area contributed by atoms with Crippen LogP contribution in [0.2, 0.25) is 0 Å². The van der Waals surface area contributed by atoms with E-state index >= 15 is 0 Å². The van der Waals surface area contributed by atoms with Crippen molar-refractivity contribution in [1.82, 2.24) is 0 Å². The van der Waals surface area contributed by atoms with Gasteiger partial charge in [-0.3, -0.25) is 9.05 Å². The Kier molecular flexibility index (Phi) is 8.26. The summed E-state index contributed by atoms with van der Waals surface area (Å²) >= 11 is 1.12. The molecule has 3 heterocycles. The van der Waals surface area contributed by atoms with Gasteiger partial charge < -0.3 is 24.1 Å². The van der Waals surface area contributed by atoms with Gasteiger partial charge in [0, 0.05) is 26.6 Å². The van der Waals surface area contributed by atoms with Crippen LogP contribution in [-0.4, -0.2) is 84.2 Å². The fourth-order valence-electron chi connectivity index (χ4n) is 3.17. The number of methoxy groups -OCH3 is 2. The number of hydrogen-bond acceptors (Lipinski definition) is 9. The molecule has 0 saturated carbocycles. The van der Waals surface area contributed by atoms with Crippen molar-refractivity contribution >= 4 is 26.0 Å². The van der Waals surface area contributed by atoms with E-state index in [2.05, 4.69) is 0 Å². The zero-order valence-corrected chi connectivity index (χ0v) is 16.6. The molecule has 2 unspecified atom stereocenters. The fourth-order valence-corrected chi connectivity index (χ4v) is 7.57. The van der Waals surface area contributed by atoms with E-state index in [0.29, 0.717) is 6.61 Å². The van der Waals surface area contributed by atoms with Crippen molar-refractivity contribution in [2.45, 2.75) is 55.1 Å². The first-order valence-corrected chi connectivity index (χ1v) is 11.1. The molecule has 3 saturated heterocycles. The molecule has 0 amide bonds. The molecule has 8 nitrogen and oxygen atoms in total. The molecular formula is C14H25BO8PS-. The molecule has 0 aromatic rings. The minimum absolute atomic E-state index is 0.0597. The maximum Gasteiger partial charge on any atom is 0.390 e. The van der Waals surface area contributed by atoms with Crippen LogP contribution < -0.4 is 5.11 Å². The summed E-state index contributed by atoms with van der Waals surface area (Å²) in [5.41, 5.74) is 0. The highest BCUT2D eigenvalue weighted by atomic mass is 32.7. The molecule has 144 valence electrons. The lowest BCUT2D eigenvalue weighted by molar-refractivity contribution is -0.325. The van der Waals surface area contributed by atoms with Crippen LogP contribution in [0.15, 0.2) is 0 Å². The van der Waals surface area contributed by atoms with Gasteiger partial charge in [0.2, 0.25) is 0 Å².